The normalized spacial score (nSPS) is 16.0. The number of primary amides is 1. The van der Waals surface area contributed by atoms with Crippen LogP contribution in [0.4, 0.5) is 0 Å². The molecule has 8 heteroatoms. The highest BCUT2D eigenvalue weighted by molar-refractivity contribution is 7.17. The van der Waals surface area contributed by atoms with Gasteiger partial charge in [-0.3, -0.25) is 14.7 Å². The molecule has 3 rings (SSSR count). The zero-order valence-corrected chi connectivity index (χ0v) is 13.3. The minimum Gasteiger partial charge on any atom is -0.364 e. The lowest BCUT2D eigenvalue weighted by molar-refractivity contribution is 0.0717. The molecular formula is C14H15ClN4O2S. The van der Waals surface area contributed by atoms with Gasteiger partial charge in [0.15, 0.2) is 0 Å². The van der Waals surface area contributed by atoms with Gasteiger partial charge in [-0.05, 0) is 31.0 Å². The number of hydrogen-bond donors (Lipinski definition) is 2. The molecule has 0 aliphatic carbocycles. The highest BCUT2D eigenvalue weighted by Gasteiger charge is 2.26. The zero-order valence-electron chi connectivity index (χ0n) is 11.7. The Hall–Kier alpha value is -1.86. The second-order valence-electron chi connectivity index (χ2n) is 5.24. The molecule has 0 atom stereocenters. The van der Waals surface area contributed by atoms with Gasteiger partial charge in [-0.1, -0.05) is 11.6 Å². The summed E-state index contributed by atoms with van der Waals surface area (Å²) in [5.74, 6) is -0.251. The fourth-order valence-corrected chi connectivity index (χ4v) is 3.66. The summed E-state index contributed by atoms with van der Waals surface area (Å²) in [4.78, 5) is 25.9. The molecule has 2 aromatic heterocycles. The third kappa shape index (κ3) is 3.00. The van der Waals surface area contributed by atoms with Crippen LogP contribution >= 0.6 is 22.9 Å². The number of rotatable bonds is 3. The maximum atomic E-state index is 12.3. The SMILES string of the molecule is NC(=O)c1cc(C2CCN(C(=O)c3ccc(Cl)s3)CC2)[nH]n1. The lowest BCUT2D eigenvalue weighted by Gasteiger charge is -2.31. The van der Waals surface area contributed by atoms with Crippen molar-refractivity contribution in [3.63, 3.8) is 0 Å². The van der Waals surface area contributed by atoms with Gasteiger partial charge in [0, 0.05) is 24.7 Å². The summed E-state index contributed by atoms with van der Waals surface area (Å²) < 4.78 is 0.620. The van der Waals surface area contributed by atoms with Gasteiger partial charge in [0.2, 0.25) is 0 Å². The minimum absolute atomic E-state index is 0.0257. The first-order valence-corrected chi connectivity index (χ1v) is 8.14. The number of thiophene rings is 1. The van der Waals surface area contributed by atoms with Crippen LogP contribution in [0.1, 0.15) is 44.6 Å². The first kappa shape index (κ1) is 15.1. The van der Waals surface area contributed by atoms with E-state index in [0.29, 0.717) is 22.3 Å². The molecule has 0 saturated carbocycles. The van der Waals surface area contributed by atoms with Crippen molar-refractivity contribution in [2.75, 3.05) is 13.1 Å². The second-order valence-corrected chi connectivity index (χ2v) is 6.96. The Kier molecular flexibility index (Phi) is 4.17. The topological polar surface area (TPSA) is 92.1 Å². The summed E-state index contributed by atoms with van der Waals surface area (Å²) in [7, 11) is 0. The number of carbonyl (C=O) groups is 2. The first-order chi connectivity index (χ1) is 10.5. The Labute approximate surface area is 136 Å². The van der Waals surface area contributed by atoms with E-state index >= 15 is 0 Å². The molecule has 1 aliphatic rings. The summed E-state index contributed by atoms with van der Waals surface area (Å²) in [5, 5.41) is 6.77. The van der Waals surface area contributed by atoms with Crippen LogP contribution in [0, 0.1) is 0 Å². The molecule has 3 N–H and O–H groups in total. The number of nitrogens with zero attached hydrogens (tertiary/aromatic N) is 2. The highest BCUT2D eigenvalue weighted by Crippen LogP contribution is 2.29. The molecule has 0 aromatic carbocycles. The predicted molar refractivity (Wildman–Crippen MR) is 84.3 cm³/mol. The average Bonchev–Trinajstić information content (AvgIpc) is 3.16. The van der Waals surface area contributed by atoms with Gasteiger partial charge >= 0.3 is 0 Å². The van der Waals surface area contributed by atoms with Gasteiger partial charge < -0.3 is 10.6 Å². The third-order valence-corrected chi connectivity index (χ3v) is 5.08. The molecule has 6 nitrogen and oxygen atoms in total. The number of hydrogen-bond acceptors (Lipinski definition) is 4. The molecule has 1 fully saturated rings. The number of likely N-dealkylation sites (tertiary alicyclic amines) is 1. The van der Waals surface area contributed by atoms with Gasteiger partial charge in [0.1, 0.15) is 5.69 Å². The molecule has 2 amide bonds. The number of nitrogens with two attached hydrogens (primary N) is 1. The fourth-order valence-electron chi connectivity index (χ4n) is 2.65. The number of piperidine rings is 1. The predicted octanol–water partition coefficient (Wildman–Crippen LogP) is 2.24. The number of nitrogens with one attached hydrogen (secondary N) is 1. The zero-order chi connectivity index (χ0) is 15.7. The average molecular weight is 339 g/mol. The Bertz CT molecular complexity index is 703. The Morgan fingerprint density at radius 3 is 2.64 bits per heavy atom. The van der Waals surface area contributed by atoms with Crippen molar-refractivity contribution in [3.05, 3.63) is 38.8 Å². The van der Waals surface area contributed by atoms with E-state index in [0.717, 1.165) is 18.5 Å². The molecule has 1 aliphatic heterocycles. The van der Waals surface area contributed by atoms with E-state index in [1.165, 1.54) is 11.3 Å². The van der Waals surface area contributed by atoms with Gasteiger partial charge in [-0.15, -0.1) is 11.3 Å². The largest absolute Gasteiger partial charge is 0.364 e. The lowest BCUT2D eigenvalue weighted by Crippen LogP contribution is -2.37. The molecule has 116 valence electrons. The smallest absolute Gasteiger partial charge is 0.269 e. The number of aromatic nitrogens is 2. The van der Waals surface area contributed by atoms with Crippen LogP contribution in [0.2, 0.25) is 4.34 Å². The van der Waals surface area contributed by atoms with Crippen LogP contribution in [-0.4, -0.2) is 40.0 Å². The third-order valence-electron chi connectivity index (χ3n) is 3.86. The van der Waals surface area contributed by atoms with Crippen molar-refractivity contribution in [2.24, 2.45) is 5.73 Å². The van der Waals surface area contributed by atoms with Crippen molar-refractivity contribution in [3.8, 4) is 0 Å². The van der Waals surface area contributed by atoms with Gasteiger partial charge in [-0.2, -0.15) is 5.10 Å². The van der Waals surface area contributed by atoms with Crippen LogP contribution in [0.5, 0.6) is 0 Å². The van der Waals surface area contributed by atoms with Gasteiger partial charge in [0.05, 0.1) is 9.21 Å². The molecule has 1 saturated heterocycles. The molecule has 0 unspecified atom stereocenters. The van der Waals surface area contributed by atoms with E-state index in [1.807, 2.05) is 4.90 Å². The molecule has 3 heterocycles. The molecule has 0 spiro atoms. The van der Waals surface area contributed by atoms with Crippen LogP contribution in [0.15, 0.2) is 18.2 Å². The van der Waals surface area contributed by atoms with Crippen LogP contribution < -0.4 is 5.73 Å². The maximum absolute atomic E-state index is 12.3. The number of halogens is 1. The molecule has 0 bridgehead atoms. The van der Waals surface area contributed by atoms with Crippen LogP contribution in [0.25, 0.3) is 0 Å². The Morgan fingerprint density at radius 1 is 1.36 bits per heavy atom. The summed E-state index contributed by atoms with van der Waals surface area (Å²) in [5.41, 5.74) is 6.36. The minimum atomic E-state index is -0.537. The molecule has 2 aromatic rings. The van der Waals surface area contributed by atoms with E-state index < -0.39 is 5.91 Å². The second kappa shape index (κ2) is 6.10. The monoisotopic (exact) mass is 338 g/mol. The summed E-state index contributed by atoms with van der Waals surface area (Å²) in [6.07, 6.45) is 1.65. The number of amides is 2. The summed E-state index contributed by atoms with van der Waals surface area (Å²) in [6.45, 7) is 1.34. The molecule has 22 heavy (non-hydrogen) atoms. The molecule has 0 radical (unpaired) electrons. The summed E-state index contributed by atoms with van der Waals surface area (Å²) >= 11 is 7.17. The Balaban J connectivity index is 1.62. The van der Waals surface area contributed by atoms with Crippen molar-refractivity contribution in [2.45, 2.75) is 18.8 Å². The highest BCUT2D eigenvalue weighted by atomic mass is 35.5. The maximum Gasteiger partial charge on any atom is 0.269 e. The fraction of sp³-hybridized carbons (Fsp3) is 0.357. The number of carbonyl (C=O) groups excluding carboxylic acids is 2. The van der Waals surface area contributed by atoms with Crippen molar-refractivity contribution < 1.29 is 9.59 Å². The van der Waals surface area contributed by atoms with Crippen molar-refractivity contribution >= 4 is 34.8 Å². The van der Waals surface area contributed by atoms with Crippen molar-refractivity contribution in [1.82, 2.24) is 15.1 Å². The standard InChI is InChI=1S/C14H15ClN4O2S/c15-12-2-1-11(22-12)14(21)19-5-3-8(4-6-19)9-7-10(13(16)20)18-17-9/h1-2,7-8H,3-6H2,(H2,16,20)(H,17,18). The van der Waals surface area contributed by atoms with Crippen LogP contribution in [0.3, 0.4) is 0 Å². The van der Waals surface area contributed by atoms with Crippen LogP contribution in [-0.2, 0) is 0 Å². The quantitative estimate of drug-likeness (QED) is 0.899. The Morgan fingerprint density at radius 2 is 2.09 bits per heavy atom. The summed E-state index contributed by atoms with van der Waals surface area (Å²) in [6, 6.07) is 5.20. The van der Waals surface area contributed by atoms with Crippen molar-refractivity contribution in [1.29, 1.82) is 0 Å². The van der Waals surface area contributed by atoms with E-state index in [-0.39, 0.29) is 17.5 Å². The van der Waals surface area contributed by atoms with Gasteiger partial charge in [-0.25, -0.2) is 0 Å². The van der Waals surface area contributed by atoms with E-state index in [1.54, 1.807) is 18.2 Å². The van der Waals surface area contributed by atoms with E-state index in [9.17, 15) is 9.59 Å². The lowest BCUT2D eigenvalue weighted by atomic mass is 9.93. The first-order valence-electron chi connectivity index (χ1n) is 6.94. The van der Waals surface area contributed by atoms with E-state index in [2.05, 4.69) is 10.2 Å². The number of aromatic amines is 1. The van der Waals surface area contributed by atoms with Gasteiger partial charge in [0.25, 0.3) is 11.8 Å². The molecular weight excluding hydrogens is 324 g/mol. The number of H-pyrrole nitrogens is 1. The van der Waals surface area contributed by atoms with E-state index in [4.69, 9.17) is 17.3 Å².